The molecule has 226 valence electrons. The van der Waals surface area contributed by atoms with E-state index in [9.17, 15) is 0 Å². The summed E-state index contributed by atoms with van der Waals surface area (Å²) in [6.45, 7) is 0. The van der Waals surface area contributed by atoms with Crippen LogP contribution in [0.4, 0.5) is 0 Å². The molecular formula is C39H14B10N4O. The van der Waals surface area contributed by atoms with Crippen LogP contribution in [0.3, 0.4) is 0 Å². The van der Waals surface area contributed by atoms with Crippen molar-refractivity contribution >= 4 is 177 Å². The summed E-state index contributed by atoms with van der Waals surface area (Å²) in [5.41, 5.74) is 4.98. The number of rotatable bonds is 4. The number of fused-ring (bicyclic) bond motifs is 6. The zero-order valence-electron chi connectivity index (χ0n) is 28.6. The average Bonchev–Trinajstić information content (AvgIpc) is 3.74. The van der Waals surface area contributed by atoms with Crippen molar-refractivity contribution in [1.29, 1.82) is 0 Å². The first kappa shape index (κ1) is 34.4. The topological polar surface area (TPSA) is 56.7 Å². The van der Waals surface area contributed by atoms with Gasteiger partial charge < -0.3 is 8.98 Å². The van der Waals surface area contributed by atoms with Crippen molar-refractivity contribution in [2.45, 2.75) is 0 Å². The van der Waals surface area contributed by atoms with Crippen LogP contribution in [0.5, 0.6) is 0 Å². The maximum Gasteiger partial charge on any atom is 0.167 e. The summed E-state index contributed by atoms with van der Waals surface area (Å²) >= 11 is 0. The summed E-state index contributed by atoms with van der Waals surface area (Å²) < 4.78 is 9.06. The van der Waals surface area contributed by atoms with Crippen molar-refractivity contribution < 1.29 is 4.42 Å². The Balaban J connectivity index is 1.36. The van der Waals surface area contributed by atoms with Crippen LogP contribution in [0, 0.1) is 0 Å². The van der Waals surface area contributed by atoms with E-state index in [-0.39, 0.29) is 83.2 Å². The fourth-order valence-electron chi connectivity index (χ4n) is 7.24. The van der Waals surface area contributed by atoms with Crippen molar-refractivity contribution in [1.82, 2.24) is 19.5 Å². The quantitative estimate of drug-likeness (QED) is 0.201. The molecule has 0 aliphatic carbocycles. The van der Waals surface area contributed by atoms with Gasteiger partial charge in [0.1, 0.15) is 84.0 Å². The second kappa shape index (κ2) is 12.6. The third-order valence-electron chi connectivity index (χ3n) is 10.0. The van der Waals surface area contributed by atoms with Gasteiger partial charge in [0, 0.05) is 32.7 Å². The molecule has 54 heavy (non-hydrogen) atoms. The van der Waals surface area contributed by atoms with Crippen molar-refractivity contribution in [3.63, 3.8) is 0 Å². The third kappa shape index (κ3) is 4.90. The first-order chi connectivity index (χ1) is 26.0. The zero-order valence-corrected chi connectivity index (χ0v) is 28.6. The molecule has 20 radical (unpaired) electrons. The Bertz CT molecular complexity index is 2880. The second-order valence-corrected chi connectivity index (χ2v) is 13.0. The molecule has 0 bridgehead atoms. The smallest absolute Gasteiger partial charge is 0.167 e. The van der Waals surface area contributed by atoms with Gasteiger partial charge in [0.25, 0.3) is 0 Å². The van der Waals surface area contributed by atoms with Crippen LogP contribution < -0.4 is 54.6 Å². The highest BCUT2D eigenvalue weighted by molar-refractivity contribution is 6.69. The highest BCUT2D eigenvalue weighted by atomic mass is 16.3. The van der Waals surface area contributed by atoms with Gasteiger partial charge in [0.15, 0.2) is 23.1 Å². The third-order valence-corrected chi connectivity index (χ3v) is 10.0. The van der Waals surface area contributed by atoms with Crippen LogP contribution in [-0.2, 0) is 0 Å². The van der Waals surface area contributed by atoms with Gasteiger partial charge in [-0.25, -0.2) is 15.0 Å². The molecule has 9 aromatic rings. The van der Waals surface area contributed by atoms with Gasteiger partial charge in [-0.05, 0) is 24.3 Å². The molecule has 0 unspecified atom stereocenters. The standard InChI is InChI=1S/C39H14B10N4O/c40-25-23(26(41)30(45)33(48)29(25)44)38-50-37(51-39(52-38)24-27(42)31(46)34(49)32(47)28(24)43)19-11-5-9-17-18-10-6-14-22(36(18)54-35(17)19)53-20-12-3-1-7-15(20)16-8-2-4-13-21(16)53/h1-14H. The average molecular weight is 663 g/mol. The van der Waals surface area contributed by atoms with Crippen LogP contribution in [0.25, 0.3) is 83.6 Å². The van der Waals surface area contributed by atoms with Crippen LogP contribution in [0.15, 0.2) is 89.3 Å². The molecule has 0 N–H and O–H groups in total. The Labute approximate surface area is 324 Å². The van der Waals surface area contributed by atoms with E-state index in [1.54, 1.807) is 0 Å². The summed E-state index contributed by atoms with van der Waals surface area (Å²) in [6.07, 6.45) is 0. The second-order valence-electron chi connectivity index (χ2n) is 13.0. The summed E-state index contributed by atoms with van der Waals surface area (Å²) in [6, 6.07) is 28.3. The summed E-state index contributed by atoms with van der Waals surface area (Å²) in [5.74, 6) is 0.143. The van der Waals surface area contributed by atoms with Crippen LogP contribution in [0.2, 0.25) is 0 Å². The van der Waals surface area contributed by atoms with Crippen LogP contribution >= 0.6 is 0 Å². The molecule has 9 rings (SSSR count). The molecule has 0 saturated carbocycles. The minimum atomic E-state index is -0.00440. The van der Waals surface area contributed by atoms with Gasteiger partial charge in [0.2, 0.25) is 0 Å². The van der Waals surface area contributed by atoms with E-state index in [0.29, 0.717) is 16.7 Å². The molecular weight excluding hydrogens is 649 g/mol. The van der Waals surface area contributed by atoms with E-state index in [0.717, 1.165) is 38.3 Å². The molecule has 6 aromatic carbocycles. The zero-order chi connectivity index (χ0) is 37.7. The molecule has 0 saturated heterocycles. The monoisotopic (exact) mass is 664 g/mol. The number of hydrogen-bond donors (Lipinski definition) is 0. The molecule has 0 fully saturated rings. The van der Waals surface area contributed by atoms with Gasteiger partial charge in [-0.3, -0.25) is 0 Å². The minimum absolute atomic E-state index is 0.00440. The van der Waals surface area contributed by atoms with Gasteiger partial charge in [0.05, 0.1) is 22.3 Å². The van der Waals surface area contributed by atoms with E-state index < -0.39 is 0 Å². The number of nitrogens with zero attached hydrogens (tertiary/aromatic N) is 4. The van der Waals surface area contributed by atoms with E-state index in [4.69, 9.17) is 97.8 Å². The van der Waals surface area contributed by atoms with Crippen molar-refractivity contribution in [3.05, 3.63) is 84.9 Å². The summed E-state index contributed by atoms with van der Waals surface area (Å²) in [4.78, 5) is 14.4. The highest BCUT2D eigenvalue weighted by Gasteiger charge is 2.24. The van der Waals surface area contributed by atoms with Crippen molar-refractivity contribution in [2.75, 3.05) is 0 Å². The largest absolute Gasteiger partial charge is 0.453 e. The van der Waals surface area contributed by atoms with Crippen molar-refractivity contribution in [2.24, 2.45) is 0 Å². The number of benzene rings is 6. The van der Waals surface area contributed by atoms with E-state index in [1.165, 1.54) is 0 Å². The van der Waals surface area contributed by atoms with E-state index >= 15 is 0 Å². The molecule has 3 heterocycles. The lowest BCUT2D eigenvalue weighted by Gasteiger charge is -2.22. The molecule has 0 aliphatic heterocycles. The Hall–Kier alpha value is -5.42. The SMILES string of the molecule is [B]c1c([B])c([B])c(-c2nc(-c3c([B])c([B])c([B])c([B])c3[B])nc(-c3cccc4c3oc3c(-n5c6ccccc6c6ccccc65)cccc34)n2)c([B])c1[B]. The normalized spacial score (nSPS) is 11.7. The number of aromatic nitrogens is 4. The number of para-hydroxylation sites is 4. The maximum atomic E-state index is 6.85. The summed E-state index contributed by atoms with van der Waals surface area (Å²) in [7, 11) is 63.4. The predicted octanol–water partition coefficient (Wildman–Crippen LogP) is -2.19. The number of hydrogen-bond acceptors (Lipinski definition) is 4. The van der Waals surface area contributed by atoms with E-state index in [2.05, 4.69) is 28.8 Å². The first-order valence-corrected chi connectivity index (χ1v) is 16.7. The van der Waals surface area contributed by atoms with E-state index in [1.807, 2.05) is 60.7 Å². The van der Waals surface area contributed by atoms with Crippen LogP contribution in [0.1, 0.15) is 0 Å². The Morgan fingerprint density at radius 1 is 0.370 bits per heavy atom. The first-order valence-electron chi connectivity index (χ1n) is 16.7. The van der Waals surface area contributed by atoms with Gasteiger partial charge in [-0.1, -0.05) is 82.5 Å². The van der Waals surface area contributed by atoms with Gasteiger partial charge in [-0.2, -0.15) is 0 Å². The Morgan fingerprint density at radius 3 is 1.26 bits per heavy atom. The lowest BCUT2D eigenvalue weighted by atomic mass is 9.60. The molecule has 15 heteroatoms. The minimum Gasteiger partial charge on any atom is -0.453 e. The van der Waals surface area contributed by atoms with Gasteiger partial charge >= 0.3 is 0 Å². The lowest BCUT2D eigenvalue weighted by Crippen LogP contribution is -2.55. The van der Waals surface area contributed by atoms with Crippen LogP contribution in [-0.4, -0.2) is 98.0 Å². The maximum absolute atomic E-state index is 6.85. The fraction of sp³-hybridized carbons (Fsp3) is 0. The molecule has 0 aliphatic rings. The molecule has 0 amide bonds. The Kier molecular flexibility index (Phi) is 8.00. The number of furan rings is 1. The highest BCUT2D eigenvalue weighted by Crippen LogP contribution is 2.40. The van der Waals surface area contributed by atoms with Crippen molar-refractivity contribution in [3.8, 4) is 39.9 Å². The van der Waals surface area contributed by atoms with Gasteiger partial charge in [-0.15, -0.1) is 32.8 Å². The lowest BCUT2D eigenvalue weighted by molar-refractivity contribution is 0.667. The predicted molar refractivity (Wildman–Crippen MR) is 232 cm³/mol. The molecule has 0 spiro atoms. The molecule has 3 aromatic heterocycles. The fourth-order valence-corrected chi connectivity index (χ4v) is 7.24. The molecule has 0 atom stereocenters. The molecule has 5 nitrogen and oxygen atoms in total. The summed E-state index contributed by atoms with van der Waals surface area (Å²) in [5, 5.41) is 3.93. The Morgan fingerprint density at radius 2 is 0.759 bits per heavy atom.